The Hall–Kier alpha value is -3.59. The van der Waals surface area contributed by atoms with E-state index >= 15 is 0 Å². The first kappa shape index (κ1) is 13.7. The van der Waals surface area contributed by atoms with E-state index in [4.69, 9.17) is 0 Å². The molecule has 0 amide bonds. The Kier molecular flexibility index (Phi) is 2.61. The number of rotatable bonds is 1. The van der Waals surface area contributed by atoms with Gasteiger partial charge in [-0.25, -0.2) is 0 Å². The maximum absolute atomic E-state index is 4.18. The molecule has 0 aliphatic rings. The second-order valence-corrected chi connectivity index (χ2v) is 6.64. The molecular formula is C23H15N3. The van der Waals surface area contributed by atoms with Crippen LogP contribution in [0.5, 0.6) is 0 Å². The second kappa shape index (κ2) is 4.96. The zero-order valence-corrected chi connectivity index (χ0v) is 14.0. The molecule has 0 spiro atoms. The summed E-state index contributed by atoms with van der Waals surface area (Å²) in [4.78, 5) is 7.74. The Labute approximate surface area is 149 Å². The van der Waals surface area contributed by atoms with E-state index in [2.05, 4.69) is 87.3 Å². The smallest absolute Gasteiger partial charge is 0.0548 e. The minimum Gasteiger partial charge on any atom is -0.354 e. The van der Waals surface area contributed by atoms with Gasteiger partial charge >= 0.3 is 0 Å². The Balaban J connectivity index is 1.86. The summed E-state index contributed by atoms with van der Waals surface area (Å²) in [5, 5.41) is 5.04. The third kappa shape index (κ3) is 1.74. The van der Waals surface area contributed by atoms with Crippen LogP contribution in [0.4, 0.5) is 0 Å². The van der Waals surface area contributed by atoms with Gasteiger partial charge in [-0.05, 0) is 36.4 Å². The number of pyridine rings is 1. The summed E-state index contributed by atoms with van der Waals surface area (Å²) in [5.74, 6) is 0. The fourth-order valence-electron chi connectivity index (χ4n) is 4.08. The van der Waals surface area contributed by atoms with Crippen LogP contribution in [0.25, 0.3) is 49.3 Å². The van der Waals surface area contributed by atoms with Crippen LogP contribution in [0.2, 0.25) is 0 Å². The van der Waals surface area contributed by atoms with E-state index in [1.54, 1.807) is 0 Å². The third-order valence-corrected chi connectivity index (χ3v) is 5.22. The molecule has 3 heterocycles. The fourth-order valence-corrected chi connectivity index (χ4v) is 4.08. The minimum atomic E-state index is 1.13. The molecule has 3 aromatic heterocycles. The Morgan fingerprint density at radius 3 is 2.27 bits per heavy atom. The third-order valence-electron chi connectivity index (χ3n) is 5.22. The largest absolute Gasteiger partial charge is 0.354 e. The lowest BCUT2D eigenvalue weighted by Gasteiger charge is -2.07. The first-order chi connectivity index (χ1) is 12.9. The van der Waals surface area contributed by atoms with Crippen LogP contribution in [0.3, 0.4) is 0 Å². The van der Waals surface area contributed by atoms with Crippen LogP contribution < -0.4 is 0 Å². The van der Waals surface area contributed by atoms with E-state index < -0.39 is 0 Å². The topological polar surface area (TPSA) is 33.6 Å². The predicted molar refractivity (Wildman–Crippen MR) is 108 cm³/mol. The van der Waals surface area contributed by atoms with Crippen molar-refractivity contribution in [2.24, 2.45) is 0 Å². The number of aromatic nitrogens is 3. The lowest BCUT2D eigenvalue weighted by Crippen LogP contribution is -1.93. The van der Waals surface area contributed by atoms with Gasteiger partial charge in [0, 0.05) is 50.7 Å². The van der Waals surface area contributed by atoms with E-state index in [1.165, 1.54) is 43.6 Å². The molecule has 3 aromatic carbocycles. The molecule has 0 unspecified atom stereocenters. The molecule has 0 saturated carbocycles. The normalized spacial score (nSPS) is 11.8. The SMILES string of the molecule is c1ccc2c(c1)[nH]c1cc3c4ccccc4n(-c4ccncc4)c3cc12. The van der Waals surface area contributed by atoms with Gasteiger partial charge in [-0.15, -0.1) is 0 Å². The molecule has 6 rings (SSSR count). The number of aromatic amines is 1. The Morgan fingerprint density at radius 2 is 1.38 bits per heavy atom. The zero-order chi connectivity index (χ0) is 17.1. The van der Waals surface area contributed by atoms with Gasteiger partial charge < -0.3 is 9.55 Å². The molecule has 3 heteroatoms. The van der Waals surface area contributed by atoms with Crippen LogP contribution in [0.1, 0.15) is 0 Å². The number of nitrogens with one attached hydrogen (secondary N) is 1. The molecular weight excluding hydrogens is 318 g/mol. The van der Waals surface area contributed by atoms with E-state index in [0.717, 1.165) is 5.69 Å². The van der Waals surface area contributed by atoms with Crippen molar-refractivity contribution in [2.75, 3.05) is 0 Å². The van der Waals surface area contributed by atoms with Gasteiger partial charge in [0.2, 0.25) is 0 Å². The molecule has 3 nitrogen and oxygen atoms in total. The monoisotopic (exact) mass is 333 g/mol. The van der Waals surface area contributed by atoms with Gasteiger partial charge in [-0.3, -0.25) is 4.98 Å². The average molecular weight is 333 g/mol. The molecule has 0 aliphatic carbocycles. The zero-order valence-electron chi connectivity index (χ0n) is 14.0. The van der Waals surface area contributed by atoms with Crippen LogP contribution >= 0.6 is 0 Å². The quantitative estimate of drug-likeness (QED) is 0.404. The lowest BCUT2D eigenvalue weighted by atomic mass is 10.1. The maximum atomic E-state index is 4.18. The number of fused-ring (bicyclic) bond motifs is 6. The number of hydrogen-bond acceptors (Lipinski definition) is 1. The number of hydrogen-bond donors (Lipinski definition) is 1. The van der Waals surface area contributed by atoms with E-state index in [0.29, 0.717) is 0 Å². The van der Waals surface area contributed by atoms with E-state index in [9.17, 15) is 0 Å². The van der Waals surface area contributed by atoms with Crippen molar-refractivity contribution in [2.45, 2.75) is 0 Å². The standard InChI is InChI=1S/C23H15N3/c1-3-7-20-16(5-1)18-14-23-19(13-21(18)25-20)17-6-2-4-8-22(17)26(23)15-9-11-24-12-10-15/h1-14,25H. The van der Waals surface area contributed by atoms with Crippen molar-refractivity contribution in [3.05, 3.63) is 85.2 Å². The first-order valence-corrected chi connectivity index (χ1v) is 8.74. The highest BCUT2D eigenvalue weighted by atomic mass is 15.0. The van der Waals surface area contributed by atoms with Crippen molar-refractivity contribution in [1.29, 1.82) is 0 Å². The lowest BCUT2D eigenvalue weighted by molar-refractivity contribution is 1.16. The molecule has 1 N–H and O–H groups in total. The molecule has 6 aromatic rings. The van der Waals surface area contributed by atoms with Gasteiger partial charge in [0.05, 0.1) is 11.0 Å². The molecule has 122 valence electrons. The van der Waals surface area contributed by atoms with Crippen LogP contribution in [-0.4, -0.2) is 14.5 Å². The Morgan fingerprint density at radius 1 is 0.615 bits per heavy atom. The minimum absolute atomic E-state index is 1.13. The van der Waals surface area contributed by atoms with Gasteiger partial charge in [0.25, 0.3) is 0 Å². The van der Waals surface area contributed by atoms with Crippen molar-refractivity contribution in [3.8, 4) is 5.69 Å². The summed E-state index contributed by atoms with van der Waals surface area (Å²) in [7, 11) is 0. The highest BCUT2D eigenvalue weighted by molar-refractivity contribution is 6.18. The number of para-hydroxylation sites is 2. The summed E-state index contributed by atoms with van der Waals surface area (Å²) < 4.78 is 2.33. The fraction of sp³-hybridized carbons (Fsp3) is 0. The molecule has 0 saturated heterocycles. The summed E-state index contributed by atoms with van der Waals surface area (Å²) in [6.45, 7) is 0. The number of nitrogens with zero attached hydrogens (tertiary/aromatic N) is 2. The van der Waals surface area contributed by atoms with Gasteiger partial charge in [0.15, 0.2) is 0 Å². The van der Waals surface area contributed by atoms with Gasteiger partial charge in [-0.2, -0.15) is 0 Å². The molecule has 0 atom stereocenters. The van der Waals surface area contributed by atoms with Crippen molar-refractivity contribution in [3.63, 3.8) is 0 Å². The second-order valence-electron chi connectivity index (χ2n) is 6.64. The van der Waals surface area contributed by atoms with Crippen LogP contribution in [0.15, 0.2) is 85.2 Å². The maximum Gasteiger partial charge on any atom is 0.0548 e. The van der Waals surface area contributed by atoms with E-state index in [1.807, 2.05) is 12.4 Å². The predicted octanol–water partition coefficient (Wildman–Crippen LogP) is 5.81. The van der Waals surface area contributed by atoms with Crippen molar-refractivity contribution >= 4 is 43.6 Å². The number of H-pyrrole nitrogens is 1. The highest BCUT2D eigenvalue weighted by Crippen LogP contribution is 2.36. The summed E-state index contributed by atoms with van der Waals surface area (Å²) in [6, 6.07) is 25.8. The molecule has 26 heavy (non-hydrogen) atoms. The van der Waals surface area contributed by atoms with Crippen LogP contribution in [-0.2, 0) is 0 Å². The van der Waals surface area contributed by atoms with Crippen LogP contribution in [0, 0.1) is 0 Å². The molecule has 0 bridgehead atoms. The molecule has 0 fully saturated rings. The number of benzene rings is 3. The summed E-state index contributed by atoms with van der Waals surface area (Å²) in [6.07, 6.45) is 3.69. The Bertz CT molecular complexity index is 1420. The summed E-state index contributed by atoms with van der Waals surface area (Å²) >= 11 is 0. The first-order valence-electron chi connectivity index (χ1n) is 8.74. The summed E-state index contributed by atoms with van der Waals surface area (Å²) in [5.41, 5.74) is 5.91. The average Bonchev–Trinajstić information content (AvgIpc) is 3.22. The molecule has 0 radical (unpaired) electrons. The highest BCUT2D eigenvalue weighted by Gasteiger charge is 2.14. The van der Waals surface area contributed by atoms with Crippen molar-refractivity contribution in [1.82, 2.24) is 14.5 Å². The van der Waals surface area contributed by atoms with E-state index in [-0.39, 0.29) is 0 Å². The van der Waals surface area contributed by atoms with Crippen molar-refractivity contribution < 1.29 is 0 Å². The van der Waals surface area contributed by atoms with Gasteiger partial charge in [-0.1, -0.05) is 36.4 Å². The van der Waals surface area contributed by atoms with Gasteiger partial charge in [0.1, 0.15) is 0 Å². The molecule has 0 aliphatic heterocycles.